The predicted octanol–water partition coefficient (Wildman–Crippen LogP) is 4.56. The van der Waals surface area contributed by atoms with Gasteiger partial charge in [0.25, 0.3) is 0 Å². The van der Waals surface area contributed by atoms with Gasteiger partial charge in [-0.15, -0.1) is 24.0 Å². The van der Waals surface area contributed by atoms with Crippen LogP contribution in [0.25, 0.3) is 20.8 Å². The normalized spacial score (nSPS) is 10.9. The molecule has 3 heteroatoms. The van der Waals surface area contributed by atoms with Gasteiger partial charge in [0.05, 0.1) is 10.2 Å². The largest absolute Gasteiger partial charge is 0.236 e. The minimum Gasteiger partial charge on any atom is -0.236 e. The highest BCUT2D eigenvalue weighted by atomic mass is 32.1. The van der Waals surface area contributed by atoms with E-state index in [-0.39, 0.29) is 0 Å². The van der Waals surface area contributed by atoms with Gasteiger partial charge in [-0.2, -0.15) is 0 Å². The van der Waals surface area contributed by atoms with Crippen LogP contribution in [0.3, 0.4) is 0 Å². The average Bonchev–Trinajstić information content (AvgIpc) is 2.72. The highest BCUT2D eigenvalue weighted by Crippen LogP contribution is 2.33. The number of thiazole rings is 1. The molecule has 0 unspecified atom stereocenters. The lowest BCUT2D eigenvalue weighted by Crippen LogP contribution is -1.80. The lowest BCUT2D eigenvalue weighted by molar-refractivity contribution is 1.35. The van der Waals surface area contributed by atoms with Gasteiger partial charge in [-0.05, 0) is 30.7 Å². The van der Waals surface area contributed by atoms with E-state index in [1.165, 1.54) is 10.3 Å². The van der Waals surface area contributed by atoms with E-state index in [1.807, 2.05) is 18.2 Å². The molecule has 0 saturated carbocycles. The second kappa shape index (κ2) is 4.17. The smallest absolute Gasteiger partial charge is 0.125 e. The Morgan fingerprint density at radius 3 is 2.71 bits per heavy atom. The Morgan fingerprint density at radius 2 is 1.94 bits per heavy atom. The molecule has 0 aliphatic heterocycles. The molecule has 3 rings (SSSR count). The van der Waals surface area contributed by atoms with Crippen LogP contribution >= 0.6 is 24.0 Å². The number of nitrogens with zero attached hydrogens (tertiary/aromatic N) is 1. The van der Waals surface area contributed by atoms with E-state index in [0.29, 0.717) is 0 Å². The van der Waals surface area contributed by atoms with Crippen LogP contribution in [-0.2, 0) is 0 Å². The Kier molecular flexibility index (Phi) is 2.65. The summed E-state index contributed by atoms with van der Waals surface area (Å²) in [7, 11) is 0. The zero-order chi connectivity index (χ0) is 11.8. The van der Waals surface area contributed by atoms with Crippen molar-refractivity contribution in [3.63, 3.8) is 0 Å². The van der Waals surface area contributed by atoms with Gasteiger partial charge in [-0.1, -0.05) is 24.3 Å². The molecule has 0 N–H and O–H groups in total. The molecule has 0 spiro atoms. The van der Waals surface area contributed by atoms with Gasteiger partial charge in [0.1, 0.15) is 5.01 Å². The van der Waals surface area contributed by atoms with Gasteiger partial charge >= 0.3 is 0 Å². The average molecular weight is 257 g/mol. The Morgan fingerprint density at radius 1 is 1.12 bits per heavy atom. The van der Waals surface area contributed by atoms with Crippen LogP contribution in [0.15, 0.2) is 47.4 Å². The van der Waals surface area contributed by atoms with Crippen LogP contribution in [0.2, 0.25) is 0 Å². The summed E-state index contributed by atoms with van der Waals surface area (Å²) in [5.41, 5.74) is 3.39. The van der Waals surface area contributed by atoms with Gasteiger partial charge < -0.3 is 0 Å². The zero-order valence-corrected chi connectivity index (χ0v) is 11.1. The molecular weight excluding hydrogens is 246 g/mol. The number of para-hydroxylation sites is 1. The molecule has 0 aliphatic carbocycles. The number of rotatable bonds is 1. The summed E-state index contributed by atoms with van der Waals surface area (Å²) >= 11 is 6.24. The predicted molar refractivity (Wildman–Crippen MR) is 77.0 cm³/mol. The molecule has 17 heavy (non-hydrogen) atoms. The van der Waals surface area contributed by atoms with Crippen molar-refractivity contribution in [1.82, 2.24) is 4.98 Å². The SMILES string of the molecule is Cc1ccc(-c2nc3ccccc3s2)c(S)c1. The first kappa shape index (κ1) is 10.8. The summed E-state index contributed by atoms with van der Waals surface area (Å²) < 4.78 is 1.22. The molecule has 3 aromatic rings. The van der Waals surface area contributed by atoms with Gasteiger partial charge in [0.15, 0.2) is 0 Å². The van der Waals surface area contributed by atoms with Crippen molar-refractivity contribution < 1.29 is 0 Å². The molecular formula is C14H11NS2. The van der Waals surface area contributed by atoms with E-state index in [1.54, 1.807) is 11.3 Å². The fraction of sp³-hybridized carbons (Fsp3) is 0.0714. The fourth-order valence-electron chi connectivity index (χ4n) is 1.81. The van der Waals surface area contributed by atoms with Gasteiger partial charge in [-0.3, -0.25) is 0 Å². The van der Waals surface area contributed by atoms with E-state index >= 15 is 0 Å². The summed E-state index contributed by atoms with van der Waals surface area (Å²) in [6.07, 6.45) is 0. The van der Waals surface area contributed by atoms with E-state index in [9.17, 15) is 0 Å². The first-order valence-electron chi connectivity index (χ1n) is 5.39. The summed E-state index contributed by atoms with van der Waals surface area (Å²) in [6, 6.07) is 14.5. The van der Waals surface area contributed by atoms with Crippen molar-refractivity contribution in [2.24, 2.45) is 0 Å². The van der Waals surface area contributed by atoms with Crippen LogP contribution < -0.4 is 0 Å². The fourth-order valence-corrected chi connectivity index (χ4v) is 3.27. The van der Waals surface area contributed by atoms with Crippen LogP contribution in [0.1, 0.15) is 5.56 Å². The maximum atomic E-state index is 4.64. The zero-order valence-electron chi connectivity index (χ0n) is 9.34. The molecule has 0 bridgehead atoms. The first-order valence-corrected chi connectivity index (χ1v) is 6.66. The number of benzene rings is 2. The Bertz CT molecular complexity index is 653. The first-order chi connectivity index (χ1) is 8.24. The van der Waals surface area contributed by atoms with Crippen LogP contribution in [0.4, 0.5) is 0 Å². The van der Waals surface area contributed by atoms with E-state index in [2.05, 4.69) is 48.8 Å². The van der Waals surface area contributed by atoms with Gasteiger partial charge in [0, 0.05) is 10.5 Å². The quantitative estimate of drug-likeness (QED) is 0.630. The van der Waals surface area contributed by atoms with Crippen LogP contribution in [0, 0.1) is 6.92 Å². The highest BCUT2D eigenvalue weighted by molar-refractivity contribution is 7.80. The van der Waals surface area contributed by atoms with Gasteiger partial charge in [-0.25, -0.2) is 4.98 Å². The third-order valence-electron chi connectivity index (χ3n) is 2.68. The van der Waals surface area contributed by atoms with E-state index in [0.717, 1.165) is 21.0 Å². The minimum absolute atomic E-state index is 0.990. The third kappa shape index (κ3) is 1.96. The molecule has 1 heterocycles. The molecule has 0 atom stereocenters. The van der Waals surface area contributed by atoms with Crippen LogP contribution in [0.5, 0.6) is 0 Å². The topological polar surface area (TPSA) is 12.9 Å². The Labute approximate surface area is 110 Å². The summed E-state index contributed by atoms with van der Waals surface area (Å²) in [5.74, 6) is 0. The lowest BCUT2D eigenvalue weighted by atomic mass is 10.1. The van der Waals surface area contributed by atoms with Crippen molar-refractivity contribution in [1.29, 1.82) is 0 Å². The molecule has 84 valence electrons. The van der Waals surface area contributed by atoms with Crippen molar-refractivity contribution in [3.05, 3.63) is 48.0 Å². The second-order valence-corrected chi connectivity index (χ2v) is 5.52. The standard InChI is InChI=1S/C14H11NS2/c1-9-6-7-10(12(16)8-9)14-15-11-4-2-3-5-13(11)17-14/h2-8,16H,1H3. The summed E-state index contributed by atoms with van der Waals surface area (Å²) in [6.45, 7) is 2.07. The van der Waals surface area contributed by atoms with Crippen molar-refractivity contribution in [2.75, 3.05) is 0 Å². The molecule has 1 nitrogen and oxygen atoms in total. The van der Waals surface area contributed by atoms with Crippen molar-refractivity contribution >= 4 is 34.2 Å². The number of aryl methyl sites for hydroxylation is 1. The Hall–Kier alpha value is -1.32. The second-order valence-electron chi connectivity index (χ2n) is 4.01. The summed E-state index contributed by atoms with van der Waals surface area (Å²) in [5, 5.41) is 1.04. The van der Waals surface area contributed by atoms with Crippen LogP contribution in [-0.4, -0.2) is 4.98 Å². The van der Waals surface area contributed by atoms with Gasteiger partial charge in [0.2, 0.25) is 0 Å². The number of thiol groups is 1. The summed E-state index contributed by atoms with van der Waals surface area (Å²) in [4.78, 5) is 5.63. The maximum Gasteiger partial charge on any atom is 0.125 e. The molecule has 0 amide bonds. The Balaban J connectivity index is 2.20. The molecule has 0 aliphatic rings. The van der Waals surface area contributed by atoms with Crippen molar-refractivity contribution in [3.8, 4) is 10.6 Å². The lowest BCUT2D eigenvalue weighted by Gasteiger charge is -2.01. The molecule has 0 saturated heterocycles. The highest BCUT2D eigenvalue weighted by Gasteiger charge is 2.08. The number of fused-ring (bicyclic) bond motifs is 1. The molecule has 0 radical (unpaired) electrons. The van der Waals surface area contributed by atoms with E-state index < -0.39 is 0 Å². The number of hydrogen-bond donors (Lipinski definition) is 1. The monoisotopic (exact) mass is 257 g/mol. The van der Waals surface area contributed by atoms with E-state index in [4.69, 9.17) is 0 Å². The van der Waals surface area contributed by atoms with Crippen molar-refractivity contribution in [2.45, 2.75) is 11.8 Å². The molecule has 2 aromatic carbocycles. The minimum atomic E-state index is 0.990. The number of hydrogen-bond acceptors (Lipinski definition) is 3. The molecule has 1 aromatic heterocycles. The number of aromatic nitrogens is 1. The third-order valence-corrected chi connectivity index (χ3v) is 4.12. The maximum absolute atomic E-state index is 4.64. The molecule has 0 fully saturated rings.